The second-order valence-corrected chi connectivity index (χ2v) is 7.80. The Morgan fingerprint density at radius 1 is 1.24 bits per heavy atom. The van der Waals surface area contributed by atoms with Crippen molar-refractivity contribution >= 4 is 27.7 Å². The molecule has 0 radical (unpaired) electrons. The van der Waals surface area contributed by atoms with Gasteiger partial charge in [0.2, 0.25) is 5.91 Å². The summed E-state index contributed by atoms with van der Waals surface area (Å²) in [5, 5.41) is 2.92. The molecule has 21 heavy (non-hydrogen) atoms. The predicted octanol–water partition coefficient (Wildman–Crippen LogP) is 2.10. The molecule has 4 nitrogen and oxygen atoms in total. The SMILES string of the molecule is CC1(C)C2CN3C(=O)[C@H](c4ccc(Br)cc4)NC(=O)C3C21. The van der Waals surface area contributed by atoms with E-state index in [1.165, 1.54) is 0 Å². The van der Waals surface area contributed by atoms with Gasteiger partial charge in [0.05, 0.1) is 0 Å². The third kappa shape index (κ3) is 1.73. The number of benzene rings is 1. The van der Waals surface area contributed by atoms with Gasteiger partial charge < -0.3 is 10.2 Å². The molecular formula is C16H17BrN2O2. The Bertz CT molecular complexity index is 640. The lowest BCUT2D eigenvalue weighted by Gasteiger charge is -2.38. The van der Waals surface area contributed by atoms with Gasteiger partial charge in [-0.15, -0.1) is 0 Å². The van der Waals surface area contributed by atoms with Crippen LogP contribution in [0.3, 0.4) is 0 Å². The van der Waals surface area contributed by atoms with E-state index >= 15 is 0 Å². The highest BCUT2D eigenvalue weighted by molar-refractivity contribution is 9.10. The number of nitrogens with one attached hydrogen (secondary N) is 1. The quantitative estimate of drug-likeness (QED) is 0.844. The molecule has 3 aliphatic rings. The van der Waals surface area contributed by atoms with Crippen molar-refractivity contribution in [3.05, 3.63) is 34.3 Å². The molecule has 1 aromatic rings. The van der Waals surface area contributed by atoms with Gasteiger partial charge in [-0.25, -0.2) is 0 Å². The van der Waals surface area contributed by atoms with Crippen molar-refractivity contribution in [1.29, 1.82) is 0 Å². The number of carbonyl (C=O) groups excluding carboxylic acids is 2. The van der Waals surface area contributed by atoms with E-state index in [4.69, 9.17) is 0 Å². The molecule has 2 amide bonds. The fourth-order valence-corrected chi connectivity index (χ4v) is 4.41. The average molecular weight is 349 g/mol. The van der Waals surface area contributed by atoms with Crippen molar-refractivity contribution in [2.24, 2.45) is 17.3 Å². The Labute approximate surface area is 132 Å². The normalized spacial score (nSPS) is 36.0. The van der Waals surface area contributed by atoms with Gasteiger partial charge in [-0.2, -0.15) is 0 Å². The van der Waals surface area contributed by atoms with Gasteiger partial charge in [-0.1, -0.05) is 41.9 Å². The summed E-state index contributed by atoms with van der Waals surface area (Å²) >= 11 is 3.38. The summed E-state index contributed by atoms with van der Waals surface area (Å²) in [5.74, 6) is 0.832. The molecule has 110 valence electrons. The van der Waals surface area contributed by atoms with Gasteiger partial charge >= 0.3 is 0 Å². The molecule has 5 heteroatoms. The van der Waals surface area contributed by atoms with E-state index in [9.17, 15) is 9.59 Å². The van der Waals surface area contributed by atoms with Gasteiger partial charge in [0.15, 0.2) is 0 Å². The van der Waals surface area contributed by atoms with E-state index in [1.807, 2.05) is 24.3 Å². The van der Waals surface area contributed by atoms with Gasteiger partial charge in [-0.05, 0) is 34.9 Å². The van der Waals surface area contributed by atoms with Gasteiger partial charge in [-0.3, -0.25) is 9.59 Å². The summed E-state index contributed by atoms with van der Waals surface area (Å²) in [5.41, 5.74) is 1.04. The van der Waals surface area contributed by atoms with Crippen LogP contribution in [0.1, 0.15) is 25.5 Å². The lowest BCUT2D eigenvalue weighted by Crippen LogP contribution is -2.59. The second-order valence-electron chi connectivity index (χ2n) is 6.88. The fourth-order valence-electron chi connectivity index (χ4n) is 4.15. The molecule has 1 saturated carbocycles. The van der Waals surface area contributed by atoms with E-state index in [0.717, 1.165) is 16.6 Å². The first-order chi connectivity index (χ1) is 9.91. The maximum atomic E-state index is 12.7. The Balaban J connectivity index is 1.63. The van der Waals surface area contributed by atoms with Crippen LogP contribution in [0.15, 0.2) is 28.7 Å². The smallest absolute Gasteiger partial charge is 0.250 e. The average Bonchev–Trinajstić information content (AvgIpc) is 2.83. The maximum Gasteiger partial charge on any atom is 0.250 e. The molecule has 0 bridgehead atoms. The van der Waals surface area contributed by atoms with Crippen molar-refractivity contribution < 1.29 is 9.59 Å². The minimum atomic E-state index is -0.539. The number of amides is 2. The number of nitrogens with zero attached hydrogens (tertiary/aromatic N) is 1. The first-order valence-corrected chi connectivity index (χ1v) is 8.07. The van der Waals surface area contributed by atoms with Crippen LogP contribution in [0.5, 0.6) is 0 Å². The Morgan fingerprint density at radius 3 is 2.57 bits per heavy atom. The summed E-state index contributed by atoms with van der Waals surface area (Å²) < 4.78 is 0.961. The number of hydrogen-bond donors (Lipinski definition) is 1. The first-order valence-electron chi connectivity index (χ1n) is 7.27. The van der Waals surface area contributed by atoms with Crippen LogP contribution >= 0.6 is 15.9 Å². The Hall–Kier alpha value is -1.36. The first kappa shape index (κ1) is 13.3. The number of rotatable bonds is 1. The molecular weight excluding hydrogens is 332 g/mol. The van der Waals surface area contributed by atoms with Crippen molar-refractivity contribution in [2.45, 2.75) is 25.9 Å². The maximum absolute atomic E-state index is 12.7. The molecule has 1 N–H and O–H groups in total. The third-order valence-electron chi connectivity index (χ3n) is 5.50. The standard InChI is InChI=1S/C16H17BrN2O2/c1-16(2)10-7-19-13(11(10)16)14(20)18-12(15(19)21)8-3-5-9(17)6-4-8/h3-6,10-13H,7H2,1-2H3,(H,18,20)/t10?,11?,12-,13?/m0/s1. The molecule has 2 saturated heterocycles. The van der Waals surface area contributed by atoms with Crippen LogP contribution in [-0.4, -0.2) is 29.3 Å². The number of fused-ring (bicyclic) bond motifs is 3. The van der Waals surface area contributed by atoms with Crippen LogP contribution in [-0.2, 0) is 9.59 Å². The summed E-state index contributed by atoms with van der Waals surface area (Å²) in [6.07, 6.45) is 0. The highest BCUT2D eigenvalue weighted by Crippen LogP contribution is 2.65. The summed E-state index contributed by atoms with van der Waals surface area (Å²) in [4.78, 5) is 27.0. The van der Waals surface area contributed by atoms with Crippen molar-refractivity contribution in [3.8, 4) is 0 Å². The largest absolute Gasteiger partial charge is 0.339 e. The van der Waals surface area contributed by atoms with E-state index in [1.54, 1.807) is 4.90 Å². The number of piperazine rings is 1. The number of carbonyl (C=O) groups is 2. The van der Waals surface area contributed by atoms with Crippen molar-refractivity contribution in [2.75, 3.05) is 6.54 Å². The summed E-state index contributed by atoms with van der Waals surface area (Å²) in [6.45, 7) is 5.11. The zero-order valence-corrected chi connectivity index (χ0v) is 13.6. The topological polar surface area (TPSA) is 49.4 Å². The highest BCUT2D eigenvalue weighted by atomic mass is 79.9. The minimum absolute atomic E-state index is 0.000550. The number of hydrogen-bond acceptors (Lipinski definition) is 2. The molecule has 2 heterocycles. The van der Waals surface area contributed by atoms with E-state index < -0.39 is 6.04 Å². The second kappa shape index (κ2) is 4.09. The van der Waals surface area contributed by atoms with Crippen LogP contribution in [0, 0.1) is 17.3 Å². The zero-order valence-electron chi connectivity index (χ0n) is 12.0. The molecule has 0 aromatic heterocycles. The van der Waals surface area contributed by atoms with Crippen LogP contribution in [0.2, 0.25) is 0 Å². The molecule has 1 aliphatic carbocycles. The molecule has 3 fully saturated rings. The lowest BCUT2D eigenvalue weighted by molar-refractivity contribution is -0.149. The zero-order chi connectivity index (χ0) is 14.9. The van der Waals surface area contributed by atoms with Gasteiger partial charge in [0.25, 0.3) is 5.91 Å². The van der Waals surface area contributed by atoms with Gasteiger partial charge in [0, 0.05) is 11.0 Å². The monoisotopic (exact) mass is 348 g/mol. The Kier molecular flexibility index (Phi) is 2.60. The summed E-state index contributed by atoms with van der Waals surface area (Å²) in [6, 6.07) is 6.76. The molecule has 1 aromatic carbocycles. The molecule has 0 spiro atoms. The highest BCUT2D eigenvalue weighted by Gasteiger charge is 2.70. The van der Waals surface area contributed by atoms with Crippen LogP contribution < -0.4 is 5.32 Å². The molecule has 4 atom stereocenters. The summed E-state index contributed by atoms with van der Waals surface area (Å²) in [7, 11) is 0. The molecule has 3 unspecified atom stereocenters. The fraction of sp³-hybridized carbons (Fsp3) is 0.500. The number of halogens is 1. The van der Waals surface area contributed by atoms with Crippen molar-refractivity contribution in [1.82, 2.24) is 10.2 Å². The third-order valence-corrected chi connectivity index (χ3v) is 6.03. The number of piperidine rings is 1. The minimum Gasteiger partial charge on any atom is -0.339 e. The van der Waals surface area contributed by atoms with Gasteiger partial charge in [0.1, 0.15) is 12.1 Å². The predicted molar refractivity (Wildman–Crippen MR) is 81.3 cm³/mol. The van der Waals surface area contributed by atoms with E-state index in [-0.39, 0.29) is 23.3 Å². The van der Waals surface area contributed by atoms with E-state index in [0.29, 0.717) is 11.8 Å². The van der Waals surface area contributed by atoms with Crippen LogP contribution in [0.25, 0.3) is 0 Å². The Morgan fingerprint density at radius 2 is 1.90 bits per heavy atom. The van der Waals surface area contributed by atoms with Crippen LogP contribution in [0.4, 0.5) is 0 Å². The molecule has 4 rings (SSSR count). The van der Waals surface area contributed by atoms with Crippen molar-refractivity contribution in [3.63, 3.8) is 0 Å². The molecule has 2 aliphatic heterocycles. The lowest BCUT2D eigenvalue weighted by atomic mass is 9.95. The van der Waals surface area contributed by atoms with E-state index in [2.05, 4.69) is 35.1 Å².